The first-order valence-corrected chi connectivity index (χ1v) is 5.54. The zero-order valence-electron chi connectivity index (χ0n) is 9.33. The second-order valence-corrected chi connectivity index (χ2v) is 4.10. The highest BCUT2D eigenvalue weighted by Crippen LogP contribution is 2.25. The van der Waals surface area contributed by atoms with Gasteiger partial charge in [-0.15, -0.1) is 0 Å². The van der Waals surface area contributed by atoms with Crippen molar-refractivity contribution in [3.05, 3.63) is 24.0 Å². The van der Waals surface area contributed by atoms with Crippen molar-refractivity contribution in [1.29, 1.82) is 5.26 Å². The van der Waals surface area contributed by atoms with Crippen LogP contribution in [0.5, 0.6) is 0 Å². The van der Waals surface area contributed by atoms with E-state index in [0.29, 0.717) is 31.5 Å². The lowest BCUT2D eigenvalue weighted by Crippen LogP contribution is -2.36. The zero-order chi connectivity index (χ0) is 12.3. The summed E-state index contributed by atoms with van der Waals surface area (Å²) in [6, 6.07) is 3.81. The van der Waals surface area contributed by atoms with Crippen LogP contribution in [0.4, 0.5) is 5.69 Å². The predicted molar refractivity (Wildman–Crippen MR) is 61.5 cm³/mol. The Labute approximate surface area is 99.3 Å². The van der Waals surface area contributed by atoms with Crippen LogP contribution in [0, 0.1) is 17.2 Å². The van der Waals surface area contributed by atoms with Crippen LogP contribution in [-0.4, -0.2) is 29.1 Å². The average molecular weight is 231 g/mol. The van der Waals surface area contributed by atoms with Gasteiger partial charge in [0.2, 0.25) is 0 Å². The van der Waals surface area contributed by atoms with Crippen LogP contribution < -0.4 is 4.90 Å². The summed E-state index contributed by atoms with van der Waals surface area (Å²) in [5.41, 5.74) is 1.40. The number of pyridine rings is 1. The molecular formula is C12H13N3O2. The number of rotatable bonds is 2. The lowest BCUT2D eigenvalue weighted by Gasteiger charge is -2.32. The third-order valence-electron chi connectivity index (χ3n) is 3.11. The molecule has 0 aliphatic carbocycles. The van der Waals surface area contributed by atoms with E-state index in [0.717, 1.165) is 5.69 Å². The van der Waals surface area contributed by atoms with E-state index in [1.54, 1.807) is 18.5 Å². The molecule has 1 saturated heterocycles. The Kier molecular flexibility index (Phi) is 3.24. The Morgan fingerprint density at radius 3 is 2.82 bits per heavy atom. The van der Waals surface area contributed by atoms with Crippen LogP contribution in [0.2, 0.25) is 0 Å². The molecule has 1 aromatic rings. The molecule has 1 aromatic heterocycles. The zero-order valence-corrected chi connectivity index (χ0v) is 9.33. The predicted octanol–water partition coefficient (Wildman–Crippen LogP) is 1.25. The summed E-state index contributed by atoms with van der Waals surface area (Å²) in [7, 11) is 0. The van der Waals surface area contributed by atoms with Gasteiger partial charge in [0.1, 0.15) is 6.07 Å². The topological polar surface area (TPSA) is 77.2 Å². The fourth-order valence-electron chi connectivity index (χ4n) is 2.10. The van der Waals surface area contributed by atoms with Gasteiger partial charge in [0.25, 0.3) is 0 Å². The van der Waals surface area contributed by atoms with E-state index < -0.39 is 5.97 Å². The van der Waals surface area contributed by atoms with Gasteiger partial charge in [-0.3, -0.25) is 9.78 Å². The Hall–Kier alpha value is -2.09. The van der Waals surface area contributed by atoms with Crippen LogP contribution in [-0.2, 0) is 4.79 Å². The molecule has 0 radical (unpaired) electrons. The number of aliphatic carboxylic acids is 1. The van der Waals surface area contributed by atoms with Crippen LogP contribution in [0.25, 0.3) is 0 Å². The number of nitriles is 1. The van der Waals surface area contributed by atoms with Gasteiger partial charge in [0, 0.05) is 19.3 Å². The first-order valence-electron chi connectivity index (χ1n) is 5.54. The first kappa shape index (κ1) is 11.4. The van der Waals surface area contributed by atoms with Crippen molar-refractivity contribution >= 4 is 11.7 Å². The minimum absolute atomic E-state index is 0.256. The third kappa shape index (κ3) is 2.36. The molecule has 0 amide bonds. The maximum absolute atomic E-state index is 10.8. The number of nitrogens with zero attached hydrogens (tertiary/aromatic N) is 3. The molecule has 0 saturated carbocycles. The number of aromatic nitrogens is 1. The third-order valence-corrected chi connectivity index (χ3v) is 3.11. The maximum Gasteiger partial charge on any atom is 0.306 e. The van der Waals surface area contributed by atoms with Crippen molar-refractivity contribution in [3.8, 4) is 6.07 Å². The van der Waals surface area contributed by atoms with Gasteiger partial charge < -0.3 is 10.0 Å². The van der Waals surface area contributed by atoms with E-state index in [-0.39, 0.29) is 5.92 Å². The molecule has 0 bridgehead atoms. The summed E-state index contributed by atoms with van der Waals surface area (Å²) in [5.74, 6) is -0.982. The first-order chi connectivity index (χ1) is 8.22. The number of anilines is 1. The molecule has 0 spiro atoms. The van der Waals surface area contributed by atoms with E-state index in [1.807, 2.05) is 4.90 Å². The maximum atomic E-state index is 10.8. The molecule has 2 heterocycles. The number of piperidine rings is 1. The number of carbonyl (C=O) groups is 1. The van der Waals surface area contributed by atoms with Crippen molar-refractivity contribution in [1.82, 2.24) is 4.98 Å². The summed E-state index contributed by atoms with van der Waals surface area (Å²) in [4.78, 5) is 16.9. The molecule has 1 aliphatic rings. The van der Waals surface area contributed by atoms with Crippen LogP contribution in [0.3, 0.4) is 0 Å². The van der Waals surface area contributed by atoms with Crippen molar-refractivity contribution in [2.75, 3.05) is 18.0 Å². The van der Waals surface area contributed by atoms with E-state index in [4.69, 9.17) is 10.4 Å². The highest BCUT2D eigenvalue weighted by atomic mass is 16.4. The monoisotopic (exact) mass is 231 g/mol. The molecule has 5 nitrogen and oxygen atoms in total. The molecular weight excluding hydrogens is 218 g/mol. The van der Waals surface area contributed by atoms with Gasteiger partial charge in [-0.05, 0) is 18.9 Å². The minimum atomic E-state index is -0.726. The highest BCUT2D eigenvalue weighted by molar-refractivity contribution is 5.70. The second kappa shape index (κ2) is 4.83. The van der Waals surface area contributed by atoms with Gasteiger partial charge in [0.05, 0.1) is 23.4 Å². The molecule has 1 N–H and O–H groups in total. The second-order valence-electron chi connectivity index (χ2n) is 4.10. The van der Waals surface area contributed by atoms with E-state index in [9.17, 15) is 4.79 Å². The van der Waals surface area contributed by atoms with Crippen LogP contribution in [0.1, 0.15) is 18.4 Å². The molecule has 1 fully saturated rings. The summed E-state index contributed by atoms with van der Waals surface area (Å²) < 4.78 is 0. The van der Waals surface area contributed by atoms with E-state index >= 15 is 0 Å². The molecule has 2 rings (SSSR count). The van der Waals surface area contributed by atoms with Gasteiger partial charge in [-0.1, -0.05) is 0 Å². The molecule has 17 heavy (non-hydrogen) atoms. The van der Waals surface area contributed by atoms with Crippen molar-refractivity contribution in [2.24, 2.45) is 5.92 Å². The normalized spacial score (nSPS) is 16.5. The van der Waals surface area contributed by atoms with Crippen molar-refractivity contribution < 1.29 is 9.90 Å². The molecule has 0 atom stereocenters. The Balaban J connectivity index is 2.11. The fraction of sp³-hybridized carbons (Fsp3) is 0.417. The summed E-state index contributed by atoms with van der Waals surface area (Å²) in [5, 5.41) is 17.9. The summed E-state index contributed by atoms with van der Waals surface area (Å²) >= 11 is 0. The van der Waals surface area contributed by atoms with Gasteiger partial charge in [-0.25, -0.2) is 0 Å². The Morgan fingerprint density at radius 2 is 2.24 bits per heavy atom. The van der Waals surface area contributed by atoms with Gasteiger partial charge >= 0.3 is 5.97 Å². The molecule has 5 heteroatoms. The quantitative estimate of drug-likeness (QED) is 0.829. The number of carboxylic acid groups (broad SMARTS) is 1. The number of hydrogen-bond donors (Lipinski definition) is 1. The number of hydrogen-bond acceptors (Lipinski definition) is 4. The Bertz CT molecular complexity index is 459. The van der Waals surface area contributed by atoms with Gasteiger partial charge in [0.15, 0.2) is 0 Å². The average Bonchev–Trinajstić information content (AvgIpc) is 2.39. The van der Waals surface area contributed by atoms with Crippen molar-refractivity contribution in [3.63, 3.8) is 0 Å². The Morgan fingerprint density at radius 1 is 1.53 bits per heavy atom. The van der Waals surface area contributed by atoms with Crippen LogP contribution in [0.15, 0.2) is 18.5 Å². The van der Waals surface area contributed by atoms with Crippen molar-refractivity contribution in [2.45, 2.75) is 12.8 Å². The fourth-order valence-corrected chi connectivity index (χ4v) is 2.10. The lowest BCUT2D eigenvalue weighted by molar-refractivity contribution is -0.142. The lowest BCUT2D eigenvalue weighted by atomic mass is 9.96. The number of carboxylic acids is 1. The van der Waals surface area contributed by atoms with E-state index in [2.05, 4.69) is 11.1 Å². The molecule has 0 unspecified atom stereocenters. The highest BCUT2D eigenvalue weighted by Gasteiger charge is 2.25. The van der Waals surface area contributed by atoms with E-state index in [1.165, 1.54) is 0 Å². The van der Waals surface area contributed by atoms with Gasteiger partial charge in [-0.2, -0.15) is 5.26 Å². The molecule has 88 valence electrons. The smallest absolute Gasteiger partial charge is 0.306 e. The standard InChI is InChI=1S/C12H13N3O2/c13-7-10-1-4-14-8-11(10)15-5-2-9(3-6-15)12(16)17/h1,4,8-9H,2-3,5-6H2,(H,16,17). The molecule has 0 aromatic carbocycles. The largest absolute Gasteiger partial charge is 0.481 e. The SMILES string of the molecule is N#Cc1ccncc1N1CCC(C(=O)O)CC1. The molecule has 1 aliphatic heterocycles. The minimum Gasteiger partial charge on any atom is -0.481 e. The summed E-state index contributed by atoms with van der Waals surface area (Å²) in [6.07, 6.45) is 4.50. The van der Waals surface area contributed by atoms with Crippen LogP contribution >= 0.6 is 0 Å². The summed E-state index contributed by atoms with van der Waals surface area (Å²) in [6.45, 7) is 1.33.